The van der Waals surface area contributed by atoms with Gasteiger partial charge in [0.1, 0.15) is 28.2 Å². The molecule has 10 unspecified atom stereocenters. The zero-order chi connectivity index (χ0) is 94.4. The van der Waals surface area contributed by atoms with Gasteiger partial charge in [0.2, 0.25) is 0 Å². The van der Waals surface area contributed by atoms with Gasteiger partial charge in [0.05, 0.1) is 47.5 Å². The molecule has 0 radical (unpaired) electrons. The number of nitrogens with one attached hydrogen (secondary N) is 3. The average molecular weight is 1830 g/mol. The van der Waals surface area contributed by atoms with Crippen molar-refractivity contribution in [2.24, 2.45) is 70.8 Å². The number of likely N-dealkylation sites (tertiary alicyclic amines) is 4. The molecule has 131 heavy (non-hydrogen) atoms. The maximum absolute atomic E-state index is 13.6. The van der Waals surface area contributed by atoms with E-state index in [0.717, 1.165) is 109 Å². The van der Waals surface area contributed by atoms with Crippen molar-refractivity contribution < 1.29 is 88.3 Å². The first-order valence-electron chi connectivity index (χ1n) is 47.8. The molecule has 17 rings (SSSR count). The van der Waals surface area contributed by atoms with Gasteiger partial charge in [0, 0.05) is 131 Å². The predicted molar refractivity (Wildman–Crippen MR) is 490 cm³/mol. The second-order valence-corrected chi connectivity index (χ2v) is 43.7. The van der Waals surface area contributed by atoms with E-state index in [4.69, 9.17) is 34.2 Å². The number of Topliss-reactive ketones (excluding diaryl/α,β-unsaturated/α-hetero) is 1. The first-order valence-corrected chi connectivity index (χ1v) is 47.8. The quantitative estimate of drug-likeness (QED) is 0.0788. The normalized spacial score (nSPS) is 29.1. The summed E-state index contributed by atoms with van der Waals surface area (Å²) in [6.45, 7) is 35.9. The fourth-order valence-electron chi connectivity index (χ4n) is 22.5. The van der Waals surface area contributed by atoms with Crippen LogP contribution in [0.5, 0.6) is 0 Å². The Morgan fingerprint density at radius 2 is 0.756 bits per heavy atom. The van der Waals surface area contributed by atoms with Gasteiger partial charge in [-0.2, -0.15) is 26.3 Å². The minimum absolute atomic E-state index is 0.0255. The summed E-state index contributed by atoms with van der Waals surface area (Å²) in [5, 5.41) is 10.6. The summed E-state index contributed by atoms with van der Waals surface area (Å²) < 4.78 is 115. The van der Waals surface area contributed by atoms with E-state index >= 15 is 0 Å². The number of aryl methyl sites for hydroxylation is 1. The molecule has 9 heterocycles. The zero-order valence-corrected chi connectivity index (χ0v) is 79.2. The number of aromatic nitrogens is 2. The summed E-state index contributed by atoms with van der Waals surface area (Å²) in [6.07, 6.45) is 8.61. The number of pyridine rings is 2. The van der Waals surface area contributed by atoms with Crippen molar-refractivity contribution >= 4 is 75.2 Å². The minimum atomic E-state index is -4.52. The largest absolute Gasteiger partial charge is 0.444 e. The number of nitrogens with two attached hydrogens (primary N) is 1. The van der Waals surface area contributed by atoms with Crippen LogP contribution in [0.3, 0.4) is 0 Å². The molecule has 5 aliphatic carbocycles. The Balaban J connectivity index is 0.000000145. The fourth-order valence-corrected chi connectivity index (χ4v) is 22.5. The van der Waals surface area contributed by atoms with Crippen LogP contribution < -0.4 is 31.5 Å². The molecule has 12 aliphatic rings. The lowest BCUT2D eigenvalue weighted by Crippen LogP contribution is -2.56. The number of fused-ring (bicyclic) bond motifs is 12. The molecular formula is C100H142F6N12O13. The van der Waals surface area contributed by atoms with E-state index in [1.165, 1.54) is 75.0 Å². The number of benzene rings is 3. The van der Waals surface area contributed by atoms with Crippen molar-refractivity contribution in [1.82, 2.24) is 45.5 Å². The highest BCUT2D eigenvalue weighted by molar-refractivity contribution is 5.96. The van der Waals surface area contributed by atoms with Gasteiger partial charge in [-0.3, -0.25) is 24.4 Å². The first-order chi connectivity index (χ1) is 61.6. The van der Waals surface area contributed by atoms with Crippen LogP contribution in [0.15, 0.2) is 91.3 Å². The number of rotatable bonds is 9. The Kier molecular flexibility index (Phi) is 31.9. The van der Waals surface area contributed by atoms with Gasteiger partial charge in [-0.1, -0.05) is 30.3 Å². The van der Waals surface area contributed by atoms with Crippen LogP contribution in [0.1, 0.15) is 216 Å². The van der Waals surface area contributed by atoms with Gasteiger partial charge in [0.15, 0.2) is 12.2 Å². The van der Waals surface area contributed by atoms with Gasteiger partial charge in [0.25, 0.3) is 11.8 Å². The second kappa shape index (κ2) is 42.0. The molecule has 12 fully saturated rings. The number of ketones is 1. The SMILES string of the molecule is CC(C)(C)OC(=O)N1CC2CC(=O)CC(C2)C1.CC(C)(C)OC(=O)N1CC2CC(CCc3ccccc3)CC(C2)C1.CC(C)(C)OC(=O)N1CC2CC(N)CC(C2)C1.C[C@@H]1CN(c2ccc(C(F)(F)F)c3ncccc23)C[C@H](C(=O)NC2CC3CC(C2)CN(C(=O)OC(C)(C)C)C3)O1.C[C@@H]1CN(c2ccc(C(F)(F)F)c3ncccc23)C[C@H](C(=O)NC2CC3CNCC(C3)C2)O1. The Morgan fingerprint density at radius 3 is 1.12 bits per heavy atom. The zero-order valence-electron chi connectivity index (χ0n) is 79.2. The molecule has 25 nitrogen and oxygen atoms in total. The van der Waals surface area contributed by atoms with Gasteiger partial charge < -0.3 is 79.5 Å². The number of piperidine rings is 5. The average Bonchev–Trinajstić information content (AvgIpc) is 0.752. The van der Waals surface area contributed by atoms with Crippen molar-refractivity contribution in [1.29, 1.82) is 0 Å². The Labute approximate surface area is 768 Å². The van der Waals surface area contributed by atoms with E-state index in [-0.39, 0.29) is 96.4 Å². The third kappa shape index (κ3) is 28.4. The van der Waals surface area contributed by atoms with E-state index in [1.807, 2.05) is 117 Å². The van der Waals surface area contributed by atoms with Gasteiger partial charge in [-0.15, -0.1) is 0 Å². The fraction of sp³-hybridized carbons (Fsp3) is 0.690. The van der Waals surface area contributed by atoms with E-state index < -0.39 is 58.1 Å². The van der Waals surface area contributed by atoms with Crippen molar-refractivity contribution in [2.75, 3.05) is 101 Å². The molecule has 3 aromatic carbocycles. The Hall–Kier alpha value is -8.81. The number of carbonyl (C=O) groups excluding carboxylic acids is 7. The number of ether oxygens (including phenoxy) is 6. The monoisotopic (exact) mass is 1830 g/mol. The molecule has 0 spiro atoms. The number of nitrogens with zero attached hydrogens (tertiary/aromatic N) is 8. The molecule has 5 N–H and O–H groups in total. The molecular weight excluding hydrogens is 1690 g/mol. The minimum Gasteiger partial charge on any atom is -0.444 e. The van der Waals surface area contributed by atoms with Crippen LogP contribution in [0.4, 0.5) is 56.9 Å². The van der Waals surface area contributed by atoms with Crippen LogP contribution in [-0.4, -0.2) is 228 Å². The van der Waals surface area contributed by atoms with Gasteiger partial charge in [-0.05, 0) is 326 Å². The highest BCUT2D eigenvalue weighted by Gasteiger charge is 2.46. The molecule has 14 atom stereocenters. The number of carbonyl (C=O) groups is 7. The molecule has 6 amide bonds. The van der Waals surface area contributed by atoms with E-state index in [1.54, 1.807) is 34.1 Å². The van der Waals surface area contributed by atoms with Crippen LogP contribution in [0.25, 0.3) is 21.8 Å². The summed E-state index contributed by atoms with van der Waals surface area (Å²) in [4.78, 5) is 106. The summed E-state index contributed by atoms with van der Waals surface area (Å²) >= 11 is 0. The van der Waals surface area contributed by atoms with Crippen LogP contribution in [-0.2, 0) is 61.6 Å². The molecule has 5 saturated carbocycles. The Bertz CT molecular complexity index is 4680. The summed E-state index contributed by atoms with van der Waals surface area (Å²) in [6, 6.07) is 22.9. The maximum atomic E-state index is 13.6. The van der Waals surface area contributed by atoms with Crippen LogP contribution in [0.2, 0.25) is 0 Å². The van der Waals surface area contributed by atoms with Crippen molar-refractivity contribution in [2.45, 2.75) is 283 Å². The first kappa shape index (κ1) is 99.7. The number of hydrogen-bond donors (Lipinski definition) is 4. The lowest BCUT2D eigenvalue weighted by Gasteiger charge is -2.45. The summed E-state index contributed by atoms with van der Waals surface area (Å²) in [5.74, 6) is 5.71. The molecule has 7 aliphatic heterocycles. The number of alkyl halides is 6. The molecule has 10 bridgehead atoms. The van der Waals surface area contributed by atoms with Crippen molar-refractivity contribution in [3.8, 4) is 0 Å². The maximum Gasteiger partial charge on any atom is 0.418 e. The number of halogens is 6. The van der Waals surface area contributed by atoms with Crippen molar-refractivity contribution in [3.63, 3.8) is 0 Å². The number of anilines is 2. The second-order valence-electron chi connectivity index (χ2n) is 43.7. The highest BCUT2D eigenvalue weighted by atomic mass is 19.4. The van der Waals surface area contributed by atoms with E-state index in [2.05, 4.69) is 56.3 Å². The number of morpholine rings is 2. The molecule has 5 aromatic rings. The predicted octanol–water partition coefficient (Wildman–Crippen LogP) is 17.5. The summed E-state index contributed by atoms with van der Waals surface area (Å²) in [7, 11) is 0. The lowest BCUT2D eigenvalue weighted by molar-refractivity contribution is -0.139. The topological polar surface area (TPSA) is 282 Å². The van der Waals surface area contributed by atoms with Gasteiger partial charge in [-0.25, -0.2) is 19.2 Å². The third-order valence-corrected chi connectivity index (χ3v) is 27.0. The lowest BCUT2D eigenvalue weighted by atomic mass is 9.71. The molecule has 2 aromatic heterocycles. The number of hydrogen-bond acceptors (Lipinski definition) is 19. The molecule has 7 saturated heterocycles. The Morgan fingerprint density at radius 1 is 0.420 bits per heavy atom. The highest BCUT2D eigenvalue weighted by Crippen LogP contribution is 2.45. The van der Waals surface area contributed by atoms with Crippen LogP contribution in [0, 0.1) is 65.1 Å². The van der Waals surface area contributed by atoms with E-state index in [9.17, 15) is 59.9 Å². The molecule has 31 heteroatoms. The smallest absolute Gasteiger partial charge is 0.418 e. The van der Waals surface area contributed by atoms with Gasteiger partial charge >= 0.3 is 36.7 Å². The van der Waals surface area contributed by atoms with Crippen molar-refractivity contribution in [3.05, 3.63) is 108 Å². The van der Waals surface area contributed by atoms with E-state index in [0.29, 0.717) is 133 Å². The third-order valence-electron chi connectivity index (χ3n) is 27.0. The number of amides is 6. The molecule has 722 valence electrons. The van der Waals surface area contributed by atoms with Crippen LogP contribution >= 0.6 is 0 Å². The summed E-state index contributed by atoms with van der Waals surface area (Å²) in [5.41, 5.74) is 5.17. The standard InChI is InChI=1S/C29H37F3N4O4.C24H29F3N4O2.C21H31NO2.C13H24N2O2.C13H21NO3/c1-17-13-35(23-8-7-22(29(30,31)32)25-21(23)6-5-9-33-25)16-24(39-17)26(37)34-20-11-18-10-19(12-20)15-36(14-18)27(38)40-28(2,3)4;1-14-12-31(20-5-4-19(24(25,26)27)22-18(20)3-2-6-29-22)13-21(33-14)23(32)30-17-8-15-7-16(9-17)11-28-10-15;1-21(2,3)24-20(23)22-14-18-11-17(12-19(13-18)15-22)10-9-16-7-5-4-6-8-16;1-13(2,3)17-12(16)15-7-9-4-10(8-15)6-11(14)5-9;1-13(2,3)17-12(16)14-7-9-4-10(8-14)6-11(15)5-9/h5-9,17-20,24H,10-16H2,1-4H3,(H,34,37);2-6,14-17,21,28H,7-13H2,1H3,(H,30,32);4-8,17-19H,9-15H2,1-3H3;9-11H,4-8,14H2,1-3H3;9-10H,4-8H2,1-3H3/t17-,18?,19?,20?,24-;14-,15?,16?,17?,21-;;;/m11.../s1.